The third-order valence-corrected chi connectivity index (χ3v) is 11.9. The Bertz CT molecular complexity index is 2340. The van der Waals surface area contributed by atoms with Crippen LogP contribution in [0, 0.1) is 41.5 Å². The smallest absolute Gasteiger partial charge is 0.390 e. The summed E-state index contributed by atoms with van der Waals surface area (Å²) < 4.78 is 20.6. The highest BCUT2D eigenvalue weighted by molar-refractivity contribution is 7.32. The topological polar surface area (TPSA) is 35.5 Å². The number of aryl methyl sites for hydroxylation is 4. The lowest BCUT2D eigenvalue weighted by Gasteiger charge is -2.18. The maximum absolute atomic E-state index is 6.98. The van der Waals surface area contributed by atoms with Crippen LogP contribution in [-0.2, 0) is 0 Å². The first-order valence-corrected chi connectivity index (χ1v) is 18.1. The van der Waals surface area contributed by atoms with E-state index in [1.807, 2.05) is 0 Å². The Kier molecular flexibility index (Phi) is 8.20. The van der Waals surface area contributed by atoms with Crippen LogP contribution in [0.5, 0.6) is 5.75 Å². The van der Waals surface area contributed by atoms with Crippen LogP contribution >= 0.6 is 17.5 Å². The largest absolute Gasteiger partial charge is 0.453 e. The van der Waals surface area contributed by atoms with Crippen LogP contribution < -0.4 is 9.83 Å². The van der Waals surface area contributed by atoms with Crippen LogP contribution in [0.1, 0.15) is 65.1 Å². The van der Waals surface area contributed by atoms with Crippen LogP contribution in [0.15, 0.2) is 87.3 Å². The van der Waals surface area contributed by atoms with Crippen molar-refractivity contribution >= 4 is 66.3 Å². The molecule has 0 aliphatic heterocycles. The minimum absolute atomic E-state index is 0.483. The summed E-state index contributed by atoms with van der Waals surface area (Å²) in [4.78, 5) is 0. The molecule has 0 bridgehead atoms. The molecular formula is C42H42O3P2. The molecule has 7 rings (SSSR count). The fourth-order valence-electron chi connectivity index (χ4n) is 6.92. The summed E-state index contributed by atoms with van der Waals surface area (Å²) in [5.41, 5.74) is 12.5. The zero-order valence-corrected chi connectivity index (χ0v) is 30.6. The fourth-order valence-corrected chi connectivity index (χ4v) is 8.35. The van der Waals surface area contributed by atoms with Gasteiger partial charge in [0, 0.05) is 21.9 Å². The molecule has 2 atom stereocenters. The van der Waals surface area contributed by atoms with E-state index in [4.69, 9.17) is 12.9 Å². The number of hydrogen-bond donors (Lipinski definition) is 0. The molecule has 0 N–H and O–H groups in total. The van der Waals surface area contributed by atoms with Crippen LogP contribution in [0.2, 0.25) is 0 Å². The molecule has 0 radical (unpaired) electrons. The molecule has 0 amide bonds. The van der Waals surface area contributed by atoms with Gasteiger partial charge in [0.1, 0.15) is 16.9 Å². The van der Waals surface area contributed by atoms with Gasteiger partial charge in [0.05, 0.1) is 0 Å². The zero-order valence-electron chi connectivity index (χ0n) is 28.5. The van der Waals surface area contributed by atoms with Gasteiger partial charge < -0.3 is 12.9 Å². The molecule has 238 valence electrons. The lowest BCUT2D eigenvalue weighted by molar-refractivity contribution is 0.499. The Morgan fingerprint density at radius 2 is 1.26 bits per heavy atom. The summed E-state index contributed by atoms with van der Waals surface area (Å²) >= 11 is 0. The second kappa shape index (κ2) is 12.2. The number of hydrogen-bond acceptors (Lipinski definition) is 3. The molecule has 2 unspecified atom stereocenters. The highest BCUT2D eigenvalue weighted by atomic mass is 31.1. The highest BCUT2D eigenvalue weighted by Gasteiger charge is 2.21. The first-order chi connectivity index (χ1) is 22.6. The minimum Gasteiger partial charge on any atom is -0.390 e. The number of rotatable bonds is 5. The predicted molar refractivity (Wildman–Crippen MR) is 206 cm³/mol. The van der Waals surface area contributed by atoms with E-state index in [-0.39, 0.29) is 0 Å². The van der Waals surface area contributed by atoms with Gasteiger partial charge in [0.15, 0.2) is 0 Å². The summed E-state index contributed by atoms with van der Waals surface area (Å²) in [6.45, 7) is 17.6. The molecule has 0 saturated heterocycles. The molecule has 3 nitrogen and oxygen atoms in total. The Labute approximate surface area is 280 Å². The molecule has 47 heavy (non-hydrogen) atoms. The van der Waals surface area contributed by atoms with E-state index in [0.717, 1.165) is 55.9 Å². The Morgan fingerprint density at radius 1 is 0.660 bits per heavy atom. The van der Waals surface area contributed by atoms with Crippen LogP contribution in [0.3, 0.4) is 0 Å². The van der Waals surface area contributed by atoms with Crippen molar-refractivity contribution in [3.63, 3.8) is 0 Å². The van der Waals surface area contributed by atoms with E-state index >= 15 is 0 Å². The van der Waals surface area contributed by atoms with Gasteiger partial charge in [-0.3, -0.25) is 0 Å². The molecule has 7 aromatic rings. The van der Waals surface area contributed by atoms with Crippen LogP contribution in [-0.4, -0.2) is 0 Å². The van der Waals surface area contributed by atoms with Gasteiger partial charge in [-0.05, 0) is 138 Å². The predicted octanol–water partition coefficient (Wildman–Crippen LogP) is 13.0. The van der Waals surface area contributed by atoms with E-state index in [0.29, 0.717) is 5.92 Å². The molecular weight excluding hydrogens is 614 g/mol. The second-order valence-electron chi connectivity index (χ2n) is 13.1. The quantitative estimate of drug-likeness (QED) is 0.173. The Morgan fingerprint density at radius 3 is 1.89 bits per heavy atom. The minimum atomic E-state index is -1.86. The molecule has 1 heterocycles. The third-order valence-electron chi connectivity index (χ3n) is 10.4. The second-order valence-corrected chi connectivity index (χ2v) is 14.7. The standard InChI is InChI=1S/C42H42O3P2/c1-9-23(2)31-14-17-34-32(22-31)15-18-35(41(34)42-33-13-11-10-12-30(33)16-19-38(42)46)43-47-44-36-20-24(3)26(5)28(7)39(36)40-29(8)27(6)25(4)21-37(40)45-47/h10-23H,9,46H2,1-8H3. The summed E-state index contributed by atoms with van der Waals surface area (Å²) in [5, 5.41) is 8.00. The summed E-state index contributed by atoms with van der Waals surface area (Å²) in [6.07, 6.45) is 1.09. The van der Waals surface area contributed by atoms with Gasteiger partial charge >= 0.3 is 8.24 Å². The molecule has 1 aromatic heterocycles. The van der Waals surface area contributed by atoms with Gasteiger partial charge in [-0.2, -0.15) is 0 Å². The average Bonchev–Trinajstić information content (AvgIpc) is 3.22. The molecule has 6 aromatic carbocycles. The summed E-state index contributed by atoms with van der Waals surface area (Å²) in [6, 6.07) is 28.4. The van der Waals surface area contributed by atoms with Crippen LogP contribution in [0.4, 0.5) is 0 Å². The van der Waals surface area contributed by atoms with Gasteiger partial charge in [-0.1, -0.05) is 74.5 Å². The fraction of sp³-hybridized carbons (Fsp3) is 0.238. The molecule has 0 spiro atoms. The van der Waals surface area contributed by atoms with Crippen molar-refractivity contribution in [2.75, 3.05) is 0 Å². The molecule has 0 aliphatic rings. The highest BCUT2D eigenvalue weighted by Crippen LogP contribution is 2.47. The third kappa shape index (κ3) is 5.35. The van der Waals surface area contributed by atoms with Gasteiger partial charge in [-0.15, -0.1) is 9.24 Å². The maximum atomic E-state index is 6.98. The molecule has 0 saturated carbocycles. The van der Waals surface area contributed by atoms with E-state index in [9.17, 15) is 0 Å². The summed E-state index contributed by atoms with van der Waals surface area (Å²) in [5.74, 6) is 1.22. The van der Waals surface area contributed by atoms with Crippen molar-refractivity contribution in [3.8, 4) is 16.9 Å². The van der Waals surface area contributed by atoms with E-state index in [2.05, 4.69) is 143 Å². The van der Waals surface area contributed by atoms with Gasteiger partial charge in [-0.25, -0.2) is 0 Å². The molecule has 0 fully saturated rings. The zero-order chi connectivity index (χ0) is 33.1. The van der Waals surface area contributed by atoms with E-state index in [1.165, 1.54) is 55.1 Å². The lowest BCUT2D eigenvalue weighted by Crippen LogP contribution is -2.01. The van der Waals surface area contributed by atoms with Crippen molar-refractivity contribution in [1.82, 2.24) is 0 Å². The van der Waals surface area contributed by atoms with E-state index in [1.54, 1.807) is 0 Å². The first-order valence-electron chi connectivity index (χ1n) is 16.5. The van der Waals surface area contributed by atoms with Crippen molar-refractivity contribution < 1.29 is 12.9 Å². The lowest BCUT2D eigenvalue weighted by atomic mass is 9.90. The number of fused-ring (bicyclic) bond motifs is 5. The average molecular weight is 657 g/mol. The van der Waals surface area contributed by atoms with Crippen LogP contribution in [0.25, 0.3) is 54.6 Å². The van der Waals surface area contributed by atoms with Crippen molar-refractivity contribution in [1.29, 1.82) is 0 Å². The number of benzene rings is 6. The maximum Gasteiger partial charge on any atom is 0.453 e. The Hall–Kier alpha value is -4.03. The van der Waals surface area contributed by atoms with Crippen molar-refractivity contribution in [2.45, 2.75) is 67.7 Å². The van der Waals surface area contributed by atoms with Gasteiger partial charge in [0.2, 0.25) is 0 Å². The SMILES string of the molecule is CCC(C)c1ccc2c(-c3c(P)ccc4ccccc34)c(Op3oc4cc(C)c(C)c(C)c4c4c(C)c(C)c(C)cc4o3)ccc2c1. The van der Waals surface area contributed by atoms with E-state index < -0.39 is 8.24 Å². The Balaban J connectivity index is 1.56. The summed E-state index contributed by atoms with van der Waals surface area (Å²) in [7, 11) is 1.11. The van der Waals surface area contributed by atoms with Crippen molar-refractivity contribution in [3.05, 3.63) is 118 Å². The monoisotopic (exact) mass is 656 g/mol. The molecule has 0 aliphatic carbocycles. The molecule has 5 heteroatoms. The van der Waals surface area contributed by atoms with Crippen molar-refractivity contribution in [2.24, 2.45) is 0 Å². The first kappa shape index (κ1) is 31.6. The normalized spacial score (nSPS) is 12.4. The van der Waals surface area contributed by atoms with Gasteiger partial charge in [0.25, 0.3) is 0 Å².